The van der Waals surface area contributed by atoms with Crippen LogP contribution in [0.4, 0.5) is 0 Å². The van der Waals surface area contributed by atoms with E-state index in [1.165, 1.54) is 11.1 Å². The summed E-state index contributed by atoms with van der Waals surface area (Å²) in [6.07, 6.45) is 2.82. The van der Waals surface area contributed by atoms with Crippen molar-refractivity contribution in [3.63, 3.8) is 0 Å². The fourth-order valence-corrected chi connectivity index (χ4v) is 3.82. The Morgan fingerprint density at radius 3 is 2.69 bits per heavy atom. The first-order valence-electron chi connectivity index (χ1n) is 8.98. The largest absolute Gasteiger partial charge is 0.334 e. The number of hydrogen-bond donors (Lipinski definition) is 1. The highest BCUT2D eigenvalue weighted by molar-refractivity contribution is 6.04. The third-order valence-electron chi connectivity index (χ3n) is 5.25. The van der Waals surface area contributed by atoms with E-state index >= 15 is 0 Å². The number of aryl methyl sites for hydroxylation is 1. The van der Waals surface area contributed by atoms with Crippen molar-refractivity contribution in [2.24, 2.45) is 0 Å². The molecule has 4 rings (SSSR count). The molecule has 132 valence electrons. The summed E-state index contributed by atoms with van der Waals surface area (Å²) in [5.74, 6) is -0.103. The van der Waals surface area contributed by atoms with Gasteiger partial charge in [0.15, 0.2) is 5.69 Å². The van der Waals surface area contributed by atoms with Gasteiger partial charge in [-0.2, -0.15) is 5.10 Å². The molecule has 1 unspecified atom stereocenters. The molecule has 0 radical (unpaired) electrons. The van der Waals surface area contributed by atoms with Gasteiger partial charge in [0, 0.05) is 18.0 Å². The van der Waals surface area contributed by atoms with Crippen LogP contribution in [-0.4, -0.2) is 33.6 Å². The highest BCUT2D eigenvalue weighted by atomic mass is 16.2. The van der Waals surface area contributed by atoms with Gasteiger partial charge < -0.3 is 4.90 Å². The van der Waals surface area contributed by atoms with Crippen molar-refractivity contribution >= 4 is 16.7 Å². The fraction of sp³-hybridized carbons (Fsp3) is 0.286. The summed E-state index contributed by atoms with van der Waals surface area (Å²) < 4.78 is 0. The van der Waals surface area contributed by atoms with Crippen LogP contribution in [0.5, 0.6) is 0 Å². The highest BCUT2D eigenvalue weighted by Crippen LogP contribution is 2.25. The molecule has 0 bridgehead atoms. The molecule has 1 fully saturated rings. The number of carbonyl (C=O) groups excluding carboxylic acids is 1. The van der Waals surface area contributed by atoms with Gasteiger partial charge in [-0.3, -0.25) is 9.59 Å². The molecule has 0 spiro atoms. The van der Waals surface area contributed by atoms with Gasteiger partial charge in [-0.25, -0.2) is 5.10 Å². The van der Waals surface area contributed by atoms with Crippen molar-refractivity contribution in [1.29, 1.82) is 0 Å². The second-order valence-corrected chi connectivity index (χ2v) is 6.87. The standard InChI is InChI=1S/C21H21N3O2/c1-14-7-2-3-8-15(14)13-16-9-6-12-24(16)21(26)19-17-10-4-5-11-18(17)20(25)23-22-19/h2-5,7-8,10-11,16H,6,9,12-13H2,1H3,(H,23,25). The predicted molar refractivity (Wildman–Crippen MR) is 101 cm³/mol. The Kier molecular flexibility index (Phi) is 4.29. The highest BCUT2D eigenvalue weighted by Gasteiger charge is 2.31. The maximum atomic E-state index is 13.2. The third-order valence-corrected chi connectivity index (χ3v) is 5.25. The molecular formula is C21H21N3O2. The summed E-state index contributed by atoms with van der Waals surface area (Å²) in [7, 11) is 0. The van der Waals surface area contributed by atoms with Crippen molar-refractivity contribution in [2.75, 3.05) is 6.54 Å². The Bertz CT molecular complexity index is 1020. The van der Waals surface area contributed by atoms with E-state index in [-0.39, 0.29) is 17.5 Å². The lowest BCUT2D eigenvalue weighted by Gasteiger charge is -2.25. The smallest absolute Gasteiger partial charge is 0.275 e. The van der Waals surface area contributed by atoms with Crippen LogP contribution in [0.15, 0.2) is 53.3 Å². The quantitative estimate of drug-likeness (QED) is 0.792. The summed E-state index contributed by atoms with van der Waals surface area (Å²) in [5, 5.41) is 7.66. The zero-order valence-corrected chi connectivity index (χ0v) is 14.7. The first kappa shape index (κ1) is 16.5. The molecule has 1 aliphatic heterocycles. The van der Waals surface area contributed by atoms with Gasteiger partial charge >= 0.3 is 0 Å². The van der Waals surface area contributed by atoms with Crippen LogP contribution in [-0.2, 0) is 6.42 Å². The Morgan fingerprint density at radius 1 is 1.15 bits per heavy atom. The molecule has 26 heavy (non-hydrogen) atoms. The van der Waals surface area contributed by atoms with E-state index in [9.17, 15) is 9.59 Å². The molecule has 3 aromatic rings. The molecule has 0 saturated carbocycles. The summed E-state index contributed by atoms with van der Waals surface area (Å²) in [6.45, 7) is 2.83. The van der Waals surface area contributed by atoms with Gasteiger partial charge in [-0.05, 0) is 43.4 Å². The van der Waals surface area contributed by atoms with Crippen LogP contribution in [0.3, 0.4) is 0 Å². The molecule has 1 amide bonds. The number of amides is 1. The zero-order valence-electron chi connectivity index (χ0n) is 14.7. The first-order valence-corrected chi connectivity index (χ1v) is 8.98. The number of hydrogen-bond acceptors (Lipinski definition) is 3. The second-order valence-electron chi connectivity index (χ2n) is 6.87. The molecule has 0 aliphatic carbocycles. The molecule has 1 aromatic heterocycles. The lowest BCUT2D eigenvalue weighted by molar-refractivity contribution is 0.0731. The van der Waals surface area contributed by atoms with Gasteiger partial charge in [0.25, 0.3) is 11.5 Å². The van der Waals surface area contributed by atoms with E-state index in [2.05, 4.69) is 29.3 Å². The molecule has 2 heterocycles. The first-order chi connectivity index (χ1) is 12.6. The lowest BCUT2D eigenvalue weighted by atomic mass is 9.99. The van der Waals surface area contributed by atoms with Crippen molar-refractivity contribution in [2.45, 2.75) is 32.2 Å². The third kappa shape index (κ3) is 2.90. The van der Waals surface area contributed by atoms with Crippen LogP contribution in [0.2, 0.25) is 0 Å². The fourth-order valence-electron chi connectivity index (χ4n) is 3.82. The minimum absolute atomic E-state index is 0.103. The Balaban J connectivity index is 1.67. The number of aromatic nitrogens is 2. The maximum absolute atomic E-state index is 13.2. The van der Waals surface area contributed by atoms with E-state index in [1.807, 2.05) is 23.1 Å². The number of nitrogens with zero attached hydrogens (tertiary/aromatic N) is 2. The van der Waals surface area contributed by atoms with Crippen molar-refractivity contribution < 1.29 is 4.79 Å². The van der Waals surface area contributed by atoms with E-state index in [4.69, 9.17) is 0 Å². The Labute approximate surface area is 151 Å². The maximum Gasteiger partial charge on any atom is 0.275 e. The molecule has 5 nitrogen and oxygen atoms in total. The van der Waals surface area contributed by atoms with Crippen LogP contribution in [0.25, 0.3) is 10.8 Å². The number of rotatable bonds is 3. The van der Waals surface area contributed by atoms with Gasteiger partial charge in [-0.15, -0.1) is 0 Å². The minimum Gasteiger partial charge on any atom is -0.334 e. The summed E-state index contributed by atoms with van der Waals surface area (Å²) in [6, 6.07) is 15.6. The molecule has 1 atom stereocenters. The number of benzene rings is 2. The monoisotopic (exact) mass is 347 g/mol. The number of nitrogens with one attached hydrogen (secondary N) is 1. The van der Waals surface area contributed by atoms with Crippen LogP contribution in [0, 0.1) is 6.92 Å². The van der Waals surface area contributed by atoms with Gasteiger partial charge in [0.05, 0.1) is 5.39 Å². The number of fused-ring (bicyclic) bond motifs is 1. The van der Waals surface area contributed by atoms with Crippen molar-refractivity contribution in [1.82, 2.24) is 15.1 Å². The minimum atomic E-state index is -0.268. The molecule has 1 aliphatic rings. The van der Waals surface area contributed by atoms with E-state index < -0.39 is 0 Å². The average molecular weight is 347 g/mol. The second kappa shape index (κ2) is 6.75. The van der Waals surface area contributed by atoms with E-state index in [0.717, 1.165) is 25.8 Å². The predicted octanol–water partition coefficient (Wildman–Crippen LogP) is 3.08. The lowest BCUT2D eigenvalue weighted by Crippen LogP contribution is -2.38. The SMILES string of the molecule is Cc1ccccc1CC1CCCN1C(=O)c1n[nH]c(=O)c2ccccc12. The van der Waals surface area contributed by atoms with Gasteiger partial charge in [-0.1, -0.05) is 42.5 Å². The molecule has 1 N–H and O–H groups in total. The van der Waals surface area contributed by atoms with E-state index in [1.54, 1.807) is 18.2 Å². The number of H-pyrrole nitrogens is 1. The number of carbonyl (C=O) groups is 1. The van der Waals surface area contributed by atoms with Crippen LogP contribution >= 0.6 is 0 Å². The molecule has 1 saturated heterocycles. The summed E-state index contributed by atoms with van der Waals surface area (Å²) >= 11 is 0. The van der Waals surface area contributed by atoms with Crippen molar-refractivity contribution in [3.05, 3.63) is 75.7 Å². The molecule has 5 heteroatoms. The topological polar surface area (TPSA) is 66.1 Å². The van der Waals surface area contributed by atoms with E-state index in [0.29, 0.717) is 16.5 Å². The van der Waals surface area contributed by atoms with Crippen LogP contribution < -0.4 is 5.56 Å². The zero-order chi connectivity index (χ0) is 18.1. The Morgan fingerprint density at radius 2 is 1.88 bits per heavy atom. The Hall–Kier alpha value is -2.95. The normalized spacial score (nSPS) is 17.0. The molecule has 2 aromatic carbocycles. The van der Waals surface area contributed by atoms with Gasteiger partial charge in [0.2, 0.25) is 0 Å². The van der Waals surface area contributed by atoms with Crippen LogP contribution in [0.1, 0.15) is 34.5 Å². The average Bonchev–Trinajstić information content (AvgIpc) is 3.12. The molecular weight excluding hydrogens is 326 g/mol. The summed E-state index contributed by atoms with van der Waals surface area (Å²) in [4.78, 5) is 27.1. The number of likely N-dealkylation sites (tertiary alicyclic amines) is 1. The number of aromatic amines is 1. The van der Waals surface area contributed by atoms with Crippen molar-refractivity contribution in [3.8, 4) is 0 Å². The van der Waals surface area contributed by atoms with Gasteiger partial charge in [0.1, 0.15) is 0 Å². The summed E-state index contributed by atoms with van der Waals surface area (Å²) in [5.41, 5.74) is 2.59.